The van der Waals surface area contributed by atoms with Crippen LogP contribution in [-0.4, -0.2) is 21.5 Å². The number of alkyl halides is 2. The minimum absolute atomic E-state index is 0.183. The third kappa shape index (κ3) is 3.10. The van der Waals surface area contributed by atoms with E-state index in [-0.39, 0.29) is 11.3 Å². The molecule has 1 N–H and O–H groups in total. The van der Waals surface area contributed by atoms with Crippen molar-refractivity contribution in [1.29, 1.82) is 0 Å². The lowest BCUT2D eigenvalue weighted by molar-refractivity contribution is 0.187. The molecule has 7 heteroatoms. The molecule has 0 aliphatic rings. The molecule has 17 heavy (non-hydrogen) atoms. The zero-order chi connectivity index (χ0) is 13.3. The van der Waals surface area contributed by atoms with E-state index in [0.717, 1.165) is 12.1 Å². The van der Waals surface area contributed by atoms with Crippen molar-refractivity contribution in [2.75, 3.05) is 5.75 Å². The Balaban J connectivity index is 3.12. The molecule has 0 unspecified atom stereocenters. The molecule has 0 saturated carbocycles. The standard InChI is InChI=1S/C10H11ClFIO3S/c1-2-17(15,16)10(11,13)9(14)7-3-5-8(12)6-4-7/h3-6,9,14H,2H2,1H3/t9-,10+/m0/s1. The number of hydrogen-bond donors (Lipinski definition) is 1. The van der Waals surface area contributed by atoms with E-state index in [4.69, 9.17) is 11.6 Å². The second-order valence-electron chi connectivity index (χ2n) is 3.42. The molecule has 0 spiro atoms. The minimum atomic E-state index is -3.65. The first-order valence-corrected chi connectivity index (χ1v) is 7.87. The van der Waals surface area contributed by atoms with Crippen molar-refractivity contribution in [2.45, 2.75) is 15.2 Å². The van der Waals surface area contributed by atoms with Crippen molar-refractivity contribution in [3.63, 3.8) is 0 Å². The van der Waals surface area contributed by atoms with Crippen LogP contribution in [0.15, 0.2) is 24.3 Å². The lowest BCUT2D eigenvalue weighted by Gasteiger charge is -2.25. The zero-order valence-corrected chi connectivity index (χ0v) is 12.6. The summed E-state index contributed by atoms with van der Waals surface area (Å²) in [5.74, 6) is -0.648. The summed E-state index contributed by atoms with van der Waals surface area (Å²) in [7, 11) is -3.65. The summed E-state index contributed by atoms with van der Waals surface area (Å²) in [4.78, 5) is 0. The van der Waals surface area contributed by atoms with Crippen LogP contribution >= 0.6 is 34.2 Å². The summed E-state index contributed by atoms with van der Waals surface area (Å²) in [6.45, 7) is 1.45. The molecule has 0 radical (unpaired) electrons. The van der Waals surface area contributed by atoms with E-state index < -0.39 is 24.0 Å². The van der Waals surface area contributed by atoms with Gasteiger partial charge in [-0.25, -0.2) is 12.8 Å². The lowest BCUT2D eigenvalue weighted by Crippen LogP contribution is -2.34. The molecule has 0 bridgehead atoms. The third-order valence-corrected chi connectivity index (χ3v) is 7.63. The van der Waals surface area contributed by atoms with Crippen molar-refractivity contribution in [1.82, 2.24) is 0 Å². The summed E-state index contributed by atoms with van der Waals surface area (Å²) in [5.41, 5.74) is 0.257. The number of sulfone groups is 1. The van der Waals surface area contributed by atoms with Gasteiger partial charge >= 0.3 is 0 Å². The highest BCUT2D eigenvalue weighted by Gasteiger charge is 2.45. The zero-order valence-electron chi connectivity index (χ0n) is 8.90. The predicted octanol–water partition coefficient (Wildman–Crippen LogP) is 2.62. The summed E-state index contributed by atoms with van der Waals surface area (Å²) in [6.07, 6.45) is -1.42. The molecule has 2 atom stereocenters. The van der Waals surface area contributed by atoms with Gasteiger partial charge in [-0.1, -0.05) is 30.7 Å². The van der Waals surface area contributed by atoms with E-state index in [1.54, 1.807) is 0 Å². The molecule has 1 rings (SSSR count). The van der Waals surface area contributed by atoms with E-state index in [2.05, 4.69) is 0 Å². The number of benzene rings is 1. The Bertz CT molecular complexity index is 487. The Kier molecular flexibility index (Phi) is 4.79. The van der Waals surface area contributed by atoms with Crippen LogP contribution in [0.1, 0.15) is 18.6 Å². The normalized spacial score (nSPS) is 17.5. The smallest absolute Gasteiger partial charge is 0.225 e. The fraction of sp³-hybridized carbons (Fsp3) is 0.400. The van der Waals surface area contributed by atoms with Gasteiger partial charge < -0.3 is 5.11 Å². The maximum Gasteiger partial charge on any atom is 0.225 e. The highest BCUT2D eigenvalue weighted by Crippen LogP contribution is 2.43. The Labute approximate surface area is 118 Å². The van der Waals surface area contributed by atoms with Gasteiger partial charge in [0.15, 0.2) is 9.84 Å². The molecule has 3 nitrogen and oxygen atoms in total. The molecule has 1 aromatic carbocycles. The van der Waals surface area contributed by atoms with E-state index in [0.29, 0.717) is 0 Å². The molecule has 0 aromatic heterocycles. The summed E-state index contributed by atoms with van der Waals surface area (Å²) in [5, 5.41) is 9.96. The largest absolute Gasteiger partial charge is 0.385 e. The second-order valence-corrected chi connectivity index (χ2v) is 9.76. The van der Waals surface area contributed by atoms with Gasteiger partial charge in [-0.2, -0.15) is 0 Å². The van der Waals surface area contributed by atoms with E-state index in [1.807, 2.05) is 0 Å². The van der Waals surface area contributed by atoms with Gasteiger partial charge in [0.2, 0.25) is 2.21 Å². The quantitative estimate of drug-likeness (QED) is 0.633. The monoisotopic (exact) mass is 392 g/mol. The fourth-order valence-corrected chi connectivity index (χ4v) is 3.81. The first-order chi connectivity index (χ1) is 7.72. The first-order valence-electron chi connectivity index (χ1n) is 4.76. The van der Waals surface area contributed by atoms with Crippen LogP contribution in [0.2, 0.25) is 0 Å². The van der Waals surface area contributed by atoms with Gasteiger partial charge in [-0.05, 0) is 40.3 Å². The Morgan fingerprint density at radius 1 is 1.47 bits per heavy atom. The van der Waals surface area contributed by atoms with Crippen LogP contribution < -0.4 is 0 Å². The fourth-order valence-electron chi connectivity index (χ4n) is 1.20. The maximum atomic E-state index is 12.7. The minimum Gasteiger partial charge on any atom is -0.385 e. The third-order valence-electron chi connectivity index (χ3n) is 2.30. The van der Waals surface area contributed by atoms with E-state index >= 15 is 0 Å². The highest BCUT2D eigenvalue weighted by atomic mass is 127. The number of aliphatic hydroxyl groups is 1. The van der Waals surface area contributed by atoms with E-state index in [9.17, 15) is 17.9 Å². The number of halogens is 3. The molecule has 0 fully saturated rings. The Hall–Kier alpha value is 0.0800. The maximum absolute atomic E-state index is 12.7. The van der Waals surface area contributed by atoms with Crippen LogP contribution in [0, 0.1) is 5.82 Å². The van der Waals surface area contributed by atoms with Crippen LogP contribution in [0.4, 0.5) is 4.39 Å². The average molecular weight is 393 g/mol. The van der Waals surface area contributed by atoms with Gasteiger partial charge in [0, 0.05) is 0 Å². The lowest BCUT2D eigenvalue weighted by atomic mass is 10.1. The topological polar surface area (TPSA) is 54.4 Å². The van der Waals surface area contributed by atoms with Crippen molar-refractivity contribution < 1.29 is 17.9 Å². The van der Waals surface area contributed by atoms with Crippen molar-refractivity contribution >= 4 is 44.0 Å². The van der Waals surface area contributed by atoms with Crippen LogP contribution in [0.25, 0.3) is 0 Å². The predicted molar refractivity (Wildman–Crippen MR) is 73.4 cm³/mol. The van der Waals surface area contributed by atoms with Crippen LogP contribution in [0.5, 0.6) is 0 Å². The summed E-state index contributed by atoms with van der Waals surface area (Å²) in [6, 6.07) is 4.89. The molecule has 1 aromatic rings. The molecule has 0 aliphatic heterocycles. The molecule has 96 valence electrons. The first kappa shape index (κ1) is 15.1. The van der Waals surface area contributed by atoms with Gasteiger partial charge in [0.1, 0.15) is 11.9 Å². The number of aliphatic hydroxyl groups excluding tert-OH is 1. The SMILES string of the molecule is CCS(=O)(=O)[C@](Cl)(I)[C@@H](O)c1ccc(F)cc1. The molecular weight excluding hydrogens is 382 g/mol. The van der Waals surface area contributed by atoms with Crippen LogP contribution in [0.3, 0.4) is 0 Å². The Morgan fingerprint density at radius 2 is 1.94 bits per heavy atom. The molecule has 0 saturated heterocycles. The van der Waals surface area contributed by atoms with Crippen molar-refractivity contribution in [2.24, 2.45) is 0 Å². The van der Waals surface area contributed by atoms with Crippen molar-refractivity contribution in [3.05, 3.63) is 35.6 Å². The Morgan fingerprint density at radius 3 is 2.35 bits per heavy atom. The molecular formula is C10H11ClFIO3S. The van der Waals surface area contributed by atoms with Crippen LogP contribution in [-0.2, 0) is 9.84 Å². The molecule has 0 heterocycles. The van der Waals surface area contributed by atoms with Gasteiger partial charge in [-0.15, -0.1) is 0 Å². The van der Waals surface area contributed by atoms with Gasteiger partial charge in [0.05, 0.1) is 5.75 Å². The number of hydrogen-bond acceptors (Lipinski definition) is 3. The summed E-state index contributed by atoms with van der Waals surface area (Å²) >= 11 is 7.40. The summed E-state index contributed by atoms with van der Waals surface area (Å²) < 4.78 is 34.3. The van der Waals surface area contributed by atoms with Gasteiger partial charge in [-0.3, -0.25) is 0 Å². The molecule has 0 amide bonds. The van der Waals surface area contributed by atoms with E-state index in [1.165, 1.54) is 41.6 Å². The second kappa shape index (κ2) is 5.38. The van der Waals surface area contributed by atoms with Gasteiger partial charge in [0.25, 0.3) is 0 Å². The average Bonchev–Trinajstić information content (AvgIpc) is 2.28. The number of rotatable bonds is 4. The molecule has 0 aliphatic carbocycles. The van der Waals surface area contributed by atoms with Crippen molar-refractivity contribution in [3.8, 4) is 0 Å². The highest BCUT2D eigenvalue weighted by molar-refractivity contribution is 14.1.